The van der Waals surface area contributed by atoms with Gasteiger partial charge in [0.05, 0.1) is 0 Å². The maximum Gasteiger partial charge on any atom is 0.255 e. The van der Waals surface area contributed by atoms with Gasteiger partial charge in [-0.3, -0.25) is 9.59 Å². The predicted molar refractivity (Wildman–Crippen MR) is 110 cm³/mol. The normalized spacial score (nSPS) is 10.7. The summed E-state index contributed by atoms with van der Waals surface area (Å²) >= 11 is 0. The van der Waals surface area contributed by atoms with Crippen molar-refractivity contribution in [2.45, 2.75) is 27.2 Å². The topological polar surface area (TPSA) is 61.4 Å². The molecule has 5 nitrogen and oxygen atoms in total. The van der Waals surface area contributed by atoms with Crippen LogP contribution in [0.4, 0.5) is 5.69 Å². The van der Waals surface area contributed by atoms with Crippen molar-refractivity contribution in [1.29, 1.82) is 0 Å². The van der Waals surface area contributed by atoms with E-state index >= 15 is 0 Å². The number of hydrogen-bond donors (Lipinski definition) is 2. The fourth-order valence-electron chi connectivity index (χ4n) is 2.77. The highest BCUT2D eigenvalue weighted by Crippen LogP contribution is 2.12. The molecule has 0 saturated carbocycles. The van der Waals surface area contributed by atoms with Crippen LogP contribution in [0.1, 0.15) is 47.1 Å². The molecule has 0 aromatic heterocycles. The van der Waals surface area contributed by atoms with Crippen LogP contribution in [-0.2, 0) is 6.42 Å². The lowest BCUT2D eigenvalue weighted by Gasteiger charge is -2.18. The van der Waals surface area contributed by atoms with Crippen LogP contribution in [0.2, 0.25) is 0 Å². The highest BCUT2D eigenvalue weighted by Gasteiger charge is 2.08. The van der Waals surface area contributed by atoms with E-state index in [9.17, 15) is 9.59 Å². The van der Waals surface area contributed by atoms with E-state index in [1.807, 2.05) is 24.3 Å². The molecule has 0 saturated heterocycles. The standard InChI is InChI=1S/C22H29N3O2/c1-4-17-7-9-19(10-8-17)22(27)24-20-13-11-18(12-14-20)21(26)23-15-16-25(5-2)6-3/h7-14H,4-6,15-16H2,1-3H3,(H,23,26)(H,24,27). The molecule has 0 heterocycles. The predicted octanol–water partition coefficient (Wildman–Crippen LogP) is 3.57. The first-order valence-corrected chi connectivity index (χ1v) is 9.58. The number of anilines is 1. The molecule has 2 aromatic rings. The number of rotatable bonds is 9. The minimum absolute atomic E-state index is 0.102. The molecule has 27 heavy (non-hydrogen) atoms. The van der Waals surface area contributed by atoms with Crippen molar-refractivity contribution in [1.82, 2.24) is 10.2 Å². The van der Waals surface area contributed by atoms with Crippen molar-refractivity contribution in [3.8, 4) is 0 Å². The number of nitrogens with zero attached hydrogens (tertiary/aromatic N) is 1. The lowest BCUT2D eigenvalue weighted by Crippen LogP contribution is -2.34. The molecule has 0 unspecified atom stereocenters. The van der Waals surface area contributed by atoms with Crippen molar-refractivity contribution in [2.24, 2.45) is 0 Å². The summed E-state index contributed by atoms with van der Waals surface area (Å²) in [6.45, 7) is 9.70. The summed E-state index contributed by atoms with van der Waals surface area (Å²) in [5.41, 5.74) is 3.06. The Morgan fingerprint density at radius 1 is 0.815 bits per heavy atom. The second-order valence-electron chi connectivity index (χ2n) is 6.36. The van der Waals surface area contributed by atoms with Crippen LogP contribution in [0.25, 0.3) is 0 Å². The highest BCUT2D eigenvalue weighted by molar-refractivity contribution is 6.04. The number of carbonyl (C=O) groups excluding carboxylic acids is 2. The second-order valence-corrected chi connectivity index (χ2v) is 6.36. The Morgan fingerprint density at radius 2 is 1.37 bits per heavy atom. The van der Waals surface area contributed by atoms with Gasteiger partial charge in [-0.1, -0.05) is 32.9 Å². The van der Waals surface area contributed by atoms with E-state index in [0.717, 1.165) is 26.1 Å². The maximum atomic E-state index is 12.3. The van der Waals surface area contributed by atoms with Crippen LogP contribution in [0.3, 0.4) is 0 Å². The van der Waals surface area contributed by atoms with Crippen LogP contribution in [-0.4, -0.2) is 42.9 Å². The Labute approximate surface area is 161 Å². The smallest absolute Gasteiger partial charge is 0.255 e. The lowest BCUT2D eigenvalue weighted by atomic mass is 10.1. The molecule has 0 bridgehead atoms. The third-order valence-electron chi connectivity index (χ3n) is 4.64. The minimum atomic E-state index is -0.158. The van der Waals surface area contributed by atoms with Crippen LogP contribution in [0, 0.1) is 0 Å². The minimum Gasteiger partial charge on any atom is -0.351 e. The van der Waals surface area contributed by atoms with Crippen molar-refractivity contribution < 1.29 is 9.59 Å². The van der Waals surface area contributed by atoms with Gasteiger partial charge in [-0.15, -0.1) is 0 Å². The molecule has 0 aliphatic heterocycles. The molecule has 0 radical (unpaired) electrons. The molecular weight excluding hydrogens is 338 g/mol. The fraction of sp³-hybridized carbons (Fsp3) is 0.364. The Hall–Kier alpha value is -2.66. The van der Waals surface area contributed by atoms with E-state index in [2.05, 4.69) is 36.3 Å². The van der Waals surface area contributed by atoms with Gasteiger partial charge in [0.2, 0.25) is 0 Å². The van der Waals surface area contributed by atoms with Crippen molar-refractivity contribution >= 4 is 17.5 Å². The lowest BCUT2D eigenvalue weighted by molar-refractivity contribution is 0.0948. The number of hydrogen-bond acceptors (Lipinski definition) is 3. The molecule has 2 amide bonds. The molecule has 0 fully saturated rings. The summed E-state index contributed by atoms with van der Waals surface area (Å²) in [7, 11) is 0. The van der Waals surface area contributed by atoms with Gasteiger partial charge >= 0.3 is 0 Å². The first kappa shape index (κ1) is 20.6. The monoisotopic (exact) mass is 367 g/mol. The quantitative estimate of drug-likeness (QED) is 0.712. The van der Waals surface area contributed by atoms with Crippen molar-refractivity contribution in [3.05, 3.63) is 65.2 Å². The fourth-order valence-corrected chi connectivity index (χ4v) is 2.77. The van der Waals surface area contributed by atoms with Gasteiger partial charge in [0, 0.05) is 29.9 Å². The van der Waals surface area contributed by atoms with Gasteiger partial charge in [0.15, 0.2) is 0 Å². The number of aryl methyl sites for hydroxylation is 1. The number of benzene rings is 2. The zero-order valence-electron chi connectivity index (χ0n) is 16.4. The molecular formula is C22H29N3O2. The summed E-state index contributed by atoms with van der Waals surface area (Å²) in [6.07, 6.45) is 0.945. The number of nitrogens with one attached hydrogen (secondary N) is 2. The van der Waals surface area contributed by atoms with Gasteiger partial charge in [0.1, 0.15) is 0 Å². The second kappa shape index (κ2) is 10.5. The molecule has 0 aliphatic rings. The van der Waals surface area contributed by atoms with E-state index in [4.69, 9.17) is 0 Å². The average molecular weight is 367 g/mol. The Balaban J connectivity index is 1.88. The molecule has 0 atom stereocenters. The average Bonchev–Trinajstić information content (AvgIpc) is 2.71. The van der Waals surface area contributed by atoms with Gasteiger partial charge < -0.3 is 15.5 Å². The Bertz CT molecular complexity index is 735. The van der Waals surface area contributed by atoms with Gasteiger partial charge in [-0.25, -0.2) is 0 Å². The van der Waals surface area contributed by atoms with Gasteiger partial charge in [-0.05, 0) is 61.5 Å². The highest BCUT2D eigenvalue weighted by atomic mass is 16.2. The maximum absolute atomic E-state index is 12.3. The Kier molecular flexibility index (Phi) is 8.01. The van der Waals surface area contributed by atoms with Gasteiger partial charge in [-0.2, -0.15) is 0 Å². The summed E-state index contributed by atoms with van der Waals surface area (Å²) in [5.74, 6) is -0.260. The zero-order chi connectivity index (χ0) is 19.6. The third kappa shape index (κ3) is 6.22. The Morgan fingerprint density at radius 3 is 1.93 bits per heavy atom. The van der Waals surface area contributed by atoms with E-state index in [0.29, 0.717) is 23.4 Å². The molecule has 0 aliphatic carbocycles. The van der Waals surface area contributed by atoms with Gasteiger partial charge in [0.25, 0.3) is 11.8 Å². The third-order valence-corrected chi connectivity index (χ3v) is 4.64. The first-order chi connectivity index (χ1) is 13.1. The van der Waals surface area contributed by atoms with E-state index in [1.54, 1.807) is 24.3 Å². The van der Waals surface area contributed by atoms with Crippen molar-refractivity contribution in [2.75, 3.05) is 31.5 Å². The number of amides is 2. The van der Waals surface area contributed by atoms with E-state index in [-0.39, 0.29) is 11.8 Å². The molecule has 0 spiro atoms. The molecule has 2 aromatic carbocycles. The SMILES string of the molecule is CCc1ccc(C(=O)Nc2ccc(C(=O)NCCN(CC)CC)cc2)cc1. The molecule has 5 heteroatoms. The molecule has 144 valence electrons. The molecule has 2 rings (SSSR count). The number of carbonyl (C=O) groups is 2. The zero-order valence-corrected chi connectivity index (χ0v) is 16.4. The summed E-state index contributed by atoms with van der Waals surface area (Å²) in [4.78, 5) is 26.8. The van der Waals surface area contributed by atoms with Crippen molar-refractivity contribution in [3.63, 3.8) is 0 Å². The van der Waals surface area contributed by atoms with E-state index < -0.39 is 0 Å². The van der Waals surface area contributed by atoms with Crippen LogP contribution >= 0.6 is 0 Å². The summed E-state index contributed by atoms with van der Waals surface area (Å²) in [6, 6.07) is 14.5. The van der Waals surface area contributed by atoms with Crippen LogP contribution in [0.5, 0.6) is 0 Å². The summed E-state index contributed by atoms with van der Waals surface area (Å²) in [5, 5.41) is 5.78. The van der Waals surface area contributed by atoms with Crippen LogP contribution < -0.4 is 10.6 Å². The summed E-state index contributed by atoms with van der Waals surface area (Å²) < 4.78 is 0. The largest absolute Gasteiger partial charge is 0.351 e. The molecule has 2 N–H and O–H groups in total. The van der Waals surface area contributed by atoms with E-state index in [1.165, 1.54) is 5.56 Å². The van der Waals surface area contributed by atoms with Crippen LogP contribution in [0.15, 0.2) is 48.5 Å². The first-order valence-electron chi connectivity index (χ1n) is 9.58. The number of likely N-dealkylation sites (N-methyl/N-ethyl adjacent to an activating group) is 1.